The van der Waals surface area contributed by atoms with Crippen molar-refractivity contribution >= 4 is 23.3 Å². The Kier molecular flexibility index (Phi) is 7.14. The van der Waals surface area contributed by atoms with Crippen molar-refractivity contribution in [3.05, 3.63) is 53.6 Å². The number of amides is 2. The van der Waals surface area contributed by atoms with Gasteiger partial charge < -0.3 is 14.7 Å². The molecular formula is C28H35N5O3. The molecule has 5 rings (SSSR count). The van der Waals surface area contributed by atoms with Gasteiger partial charge in [-0.2, -0.15) is 0 Å². The number of hydrogen-bond donors (Lipinski definition) is 0. The van der Waals surface area contributed by atoms with Crippen molar-refractivity contribution < 1.29 is 14.4 Å². The Bertz CT molecular complexity index is 1100. The fourth-order valence-electron chi connectivity index (χ4n) is 6.17. The van der Waals surface area contributed by atoms with Gasteiger partial charge in [0, 0.05) is 57.2 Å². The first-order chi connectivity index (χ1) is 17.4. The number of hydrogen-bond acceptors (Lipinski definition) is 6. The summed E-state index contributed by atoms with van der Waals surface area (Å²) in [6, 6.07) is 9.81. The molecule has 8 nitrogen and oxygen atoms in total. The fraction of sp³-hybridized carbons (Fsp3) is 0.536. The molecule has 0 N–H and O–H groups in total. The minimum absolute atomic E-state index is 0.0500. The Labute approximate surface area is 212 Å². The molecule has 1 saturated carbocycles. The molecule has 0 radical (unpaired) electrons. The Morgan fingerprint density at radius 2 is 1.67 bits per heavy atom. The summed E-state index contributed by atoms with van der Waals surface area (Å²) >= 11 is 0. The highest BCUT2D eigenvalue weighted by Crippen LogP contribution is 2.33. The van der Waals surface area contributed by atoms with E-state index in [-0.39, 0.29) is 23.5 Å². The standard InChI is InChI=1S/C28H35N5O3/c1-19-26(20(2)30-18-29-19)28(36)32-16-22-14-31(15-23(22)17-32)11-6-12-33(24-7-4-3-5-8-24)27(35)21-9-10-25(34)13-21/h3-5,7-8,18,21-23H,6,9-17H2,1-2H3. The molecule has 1 aromatic carbocycles. The second-order valence-electron chi connectivity index (χ2n) is 10.6. The van der Waals surface area contributed by atoms with Crippen molar-refractivity contribution in [3.63, 3.8) is 0 Å². The summed E-state index contributed by atoms with van der Waals surface area (Å²) in [5, 5.41) is 0. The Morgan fingerprint density at radius 3 is 2.28 bits per heavy atom. The Morgan fingerprint density at radius 1 is 1.00 bits per heavy atom. The smallest absolute Gasteiger partial charge is 0.257 e. The third kappa shape index (κ3) is 5.05. The van der Waals surface area contributed by atoms with Gasteiger partial charge in [-0.1, -0.05) is 18.2 Å². The number of anilines is 1. The van der Waals surface area contributed by atoms with Gasteiger partial charge in [0.2, 0.25) is 5.91 Å². The normalized spacial score (nSPS) is 23.8. The van der Waals surface area contributed by atoms with Gasteiger partial charge in [0.25, 0.3) is 5.91 Å². The largest absolute Gasteiger partial charge is 0.338 e. The van der Waals surface area contributed by atoms with Crippen LogP contribution in [0.5, 0.6) is 0 Å². The number of carbonyl (C=O) groups is 3. The van der Waals surface area contributed by atoms with Gasteiger partial charge in [-0.05, 0) is 57.2 Å². The number of fused-ring (bicyclic) bond motifs is 1. The highest BCUT2D eigenvalue weighted by molar-refractivity contribution is 5.99. The maximum absolute atomic E-state index is 13.3. The van der Waals surface area contributed by atoms with E-state index in [0.717, 1.165) is 56.2 Å². The average molecular weight is 490 g/mol. The minimum Gasteiger partial charge on any atom is -0.338 e. The number of nitrogens with zero attached hydrogens (tertiary/aromatic N) is 5. The van der Waals surface area contributed by atoms with E-state index in [1.54, 1.807) is 0 Å². The zero-order chi connectivity index (χ0) is 25.2. The molecule has 3 unspecified atom stereocenters. The maximum atomic E-state index is 13.3. The predicted molar refractivity (Wildman–Crippen MR) is 137 cm³/mol. The van der Waals surface area contributed by atoms with Crippen LogP contribution in [0.4, 0.5) is 5.69 Å². The van der Waals surface area contributed by atoms with Crippen LogP contribution in [0.15, 0.2) is 36.7 Å². The van der Waals surface area contributed by atoms with Crippen LogP contribution >= 0.6 is 0 Å². The van der Waals surface area contributed by atoms with Crippen LogP contribution in [0.25, 0.3) is 0 Å². The van der Waals surface area contributed by atoms with Gasteiger partial charge in [-0.15, -0.1) is 0 Å². The molecule has 0 bridgehead atoms. The summed E-state index contributed by atoms with van der Waals surface area (Å²) in [5.41, 5.74) is 3.03. The molecule has 2 aliphatic heterocycles. The van der Waals surface area contributed by atoms with Crippen LogP contribution in [-0.2, 0) is 9.59 Å². The highest BCUT2D eigenvalue weighted by Gasteiger charge is 2.42. The van der Waals surface area contributed by atoms with Crippen molar-refractivity contribution in [3.8, 4) is 0 Å². The number of aryl methyl sites for hydroxylation is 2. The molecule has 190 valence electrons. The summed E-state index contributed by atoms with van der Waals surface area (Å²) in [7, 11) is 0. The third-order valence-electron chi connectivity index (χ3n) is 8.07. The van der Waals surface area contributed by atoms with Gasteiger partial charge in [-0.25, -0.2) is 9.97 Å². The monoisotopic (exact) mass is 489 g/mol. The summed E-state index contributed by atoms with van der Waals surface area (Å²) in [4.78, 5) is 52.9. The quantitative estimate of drug-likeness (QED) is 0.595. The van der Waals surface area contributed by atoms with E-state index < -0.39 is 0 Å². The van der Waals surface area contributed by atoms with Crippen LogP contribution in [-0.4, -0.2) is 76.6 Å². The maximum Gasteiger partial charge on any atom is 0.257 e. The second-order valence-corrected chi connectivity index (χ2v) is 10.6. The Hall–Kier alpha value is -3.13. The number of aromatic nitrogens is 2. The molecule has 2 amide bonds. The number of benzene rings is 1. The van der Waals surface area contributed by atoms with Gasteiger partial charge >= 0.3 is 0 Å². The third-order valence-corrected chi connectivity index (χ3v) is 8.07. The zero-order valence-corrected chi connectivity index (χ0v) is 21.2. The van der Waals surface area contributed by atoms with E-state index >= 15 is 0 Å². The lowest BCUT2D eigenvalue weighted by Crippen LogP contribution is -2.38. The van der Waals surface area contributed by atoms with Crippen molar-refractivity contribution in [1.29, 1.82) is 0 Å². The van der Waals surface area contributed by atoms with Crippen LogP contribution in [0, 0.1) is 31.6 Å². The van der Waals surface area contributed by atoms with E-state index in [9.17, 15) is 14.4 Å². The molecule has 0 spiro atoms. The van der Waals surface area contributed by atoms with Crippen LogP contribution in [0.2, 0.25) is 0 Å². The lowest BCUT2D eigenvalue weighted by Gasteiger charge is -2.27. The number of Topliss-reactive ketones (excluding diaryl/α,β-unsaturated/α-hetero) is 1. The topological polar surface area (TPSA) is 86.7 Å². The molecule has 8 heteroatoms. The SMILES string of the molecule is Cc1ncnc(C)c1C(=O)N1CC2CN(CCCN(C(=O)C3CCC(=O)C3)c3ccccc3)CC2C1. The van der Waals surface area contributed by atoms with Crippen molar-refractivity contribution in [2.24, 2.45) is 17.8 Å². The molecule has 1 aliphatic carbocycles. The molecule has 1 aromatic heterocycles. The first-order valence-corrected chi connectivity index (χ1v) is 13.1. The zero-order valence-electron chi connectivity index (χ0n) is 21.2. The van der Waals surface area contributed by atoms with E-state index in [1.165, 1.54) is 6.33 Å². The molecular weight excluding hydrogens is 454 g/mol. The summed E-state index contributed by atoms with van der Waals surface area (Å²) in [6.45, 7) is 8.82. The second kappa shape index (κ2) is 10.5. The van der Waals surface area contributed by atoms with Crippen LogP contribution in [0.3, 0.4) is 0 Å². The van der Waals surface area contributed by atoms with Crippen LogP contribution in [0.1, 0.15) is 47.4 Å². The van der Waals surface area contributed by atoms with Gasteiger partial charge in [0.05, 0.1) is 17.0 Å². The molecule has 2 aromatic rings. The first-order valence-electron chi connectivity index (χ1n) is 13.1. The van der Waals surface area contributed by atoms with E-state index in [1.807, 2.05) is 54.0 Å². The molecule has 3 heterocycles. The molecule has 3 atom stereocenters. The lowest BCUT2D eigenvalue weighted by molar-refractivity contribution is -0.124. The van der Waals surface area contributed by atoms with Crippen molar-refractivity contribution in [1.82, 2.24) is 19.8 Å². The van der Waals surface area contributed by atoms with E-state index in [0.29, 0.717) is 43.2 Å². The number of ketones is 1. The van der Waals surface area contributed by atoms with Crippen molar-refractivity contribution in [2.45, 2.75) is 39.5 Å². The summed E-state index contributed by atoms with van der Waals surface area (Å²) in [6.07, 6.45) is 3.95. The number of para-hydroxylation sites is 1. The summed E-state index contributed by atoms with van der Waals surface area (Å²) in [5.74, 6) is 1.10. The number of rotatable bonds is 7. The summed E-state index contributed by atoms with van der Waals surface area (Å²) < 4.78 is 0. The molecule has 36 heavy (non-hydrogen) atoms. The average Bonchev–Trinajstić information content (AvgIpc) is 3.57. The minimum atomic E-state index is -0.186. The fourth-order valence-corrected chi connectivity index (χ4v) is 6.17. The van der Waals surface area contributed by atoms with Gasteiger partial charge in [-0.3, -0.25) is 14.4 Å². The first kappa shape index (κ1) is 24.6. The Balaban J connectivity index is 1.14. The molecule has 3 aliphatic rings. The molecule has 2 saturated heterocycles. The van der Waals surface area contributed by atoms with E-state index in [4.69, 9.17) is 0 Å². The van der Waals surface area contributed by atoms with E-state index in [2.05, 4.69) is 14.9 Å². The van der Waals surface area contributed by atoms with Crippen molar-refractivity contribution in [2.75, 3.05) is 44.2 Å². The molecule has 3 fully saturated rings. The number of carbonyl (C=O) groups excluding carboxylic acids is 3. The highest BCUT2D eigenvalue weighted by atomic mass is 16.2. The lowest BCUT2D eigenvalue weighted by atomic mass is 10.0. The predicted octanol–water partition coefficient (Wildman–Crippen LogP) is 2.89. The van der Waals surface area contributed by atoms with Gasteiger partial charge in [0.1, 0.15) is 12.1 Å². The van der Waals surface area contributed by atoms with Gasteiger partial charge in [0.15, 0.2) is 0 Å². The van der Waals surface area contributed by atoms with Crippen LogP contribution < -0.4 is 4.90 Å². The number of likely N-dealkylation sites (tertiary alicyclic amines) is 2.